The summed E-state index contributed by atoms with van der Waals surface area (Å²) in [6.45, 7) is 11.5. The van der Waals surface area contributed by atoms with Gasteiger partial charge in [-0.2, -0.15) is 0 Å². The van der Waals surface area contributed by atoms with E-state index in [4.69, 9.17) is 4.74 Å². The predicted molar refractivity (Wildman–Crippen MR) is 79.5 cm³/mol. The Labute approximate surface area is 117 Å². The first kappa shape index (κ1) is 16.0. The van der Waals surface area contributed by atoms with Crippen LogP contribution in [0.5, 0.6) is 5.75 Å². The maximum atomic E-state index is 10.6. The third-order valence-electron chi connectivity index (χ3n) is 2.85. The van der Waals surface area contributed by atoms with Crippen molar-refractivity contribution < 1.29 is 9.84 Å². The standard InChI is InChI=1S/C16H27NO2/c1-12(2)10-17-11-16(5,18)14-8-6-7-9-15(14)19-13(3)4/h6-9,12-13,17-18H,10-11H2,1-5H3. The summed E-state index contributed by atoms with van der Waals surface area (Å²) in [5.41, 5.74) is -0.0969. The molecule has 0 aromatic heterocycles. The molecule has 3 nitrogen and oxygen atoms in total. The smallest absolute Gasteiger partial charge is 0.125 e. The van der Waals surface area contributed by atoms with Crippen LogP contribution in [0.1, 0.15) is 40.2 Å². The Kier molecular flexibility index (Phi) is 5.83. The molecule has 0 bridgehead atoms. The van der Waals surface area contributed by atoms with Crippen molar-refractivity contribution in [1.29, 1.82) is 0 Å². The number of ether oxygens (including phenoxy) is 1. The van der Waals surface area contributed by atoms with Gasteiger partial charge in [0.1, 0.15) is 11.4 Å². The Morgan fingerprint density at radius 3 is 2.42 bits per heavy atom. The number of aliphatic hydroxyl groups is 1. The maximum absolute atomic E-state index is 10.6. The molecule has 1 atom stereocenters. The van der Waals surface area contributed by atoms with E-state index >= 15 is 0 Å². The monoisotopic (exact) mass is 265 g/mol. The van der Waals surface area contributed by atoms with E-state index in [1.165, 1.54) is 0 Å². The van der Waals surface area contributed by atoms with E-state index in [9.17, 15) is 5.11 Å². The van der Waals surface area contributed by atoms with Gasteiger partial charge in [0, 0.05) is 12.1 Å². The van der Waals surface area contributed by atoms with Gasteiger partial charge in [-0.25, -0.2) is 0 Å². The van der Waals surface area contributed by atoms with Gasteiger partial charge in [0.05, 0.1) is 6.10 Å². The molecular formula is C16H27NO2. The highest BCUT2D eigenvalue weighted by Gasteiger charge is 2.26. The lowest BCUT2D eigenvalue weighted by molar-refractivity contribution is 0.0519. The van der Waals surface area contributed by atoms with Crippen LogP contribution in [0.25, 0.3) is 0 Å². The van der Waals surface area contributed by atoms with Crippen molar-refractivity contribution in [2.75, 3.05) is 13.1 Å². The molecule has 1 rings (SSSR count). The van der Waals surface area contributed by atoms with Crippen LogP contribution in [0.2, 0.25) is 0 Å². The molecule has 1 aromatic carbocycles. The van der Waals surface area contributed by atoms with Gasteiger partial charge in [0.25, 0.3) is 0 Å². The fraction of sp³-hybridized carbons (Fsp3) is 0.625. The van der Waals surface area contributed by atoms with E-state index < -0.39 is 5.60 Å². The highest BCUT2D eigenvalue weighted by molar-refractivity contribution is 5.38. The molecule has 19 heavy (non-hydrogen) atoms. The first-order valence-corrected chi connectivity index (χ1v) is 7.02. The minimum atomic E-state index is -0.930. The van der Waals surface area contributed by atoms with E-state index in [-0.39, 0.29) is 6.10 Å². The average molecular weight is 265 g/mol. The van der Waals surface area contributed by atoms with Crippen molar-refractivity contribution in [2.24, 2.45) is 5.92 Å². The number of hydrogen-bond acceptors (Lipinski definition) is 3. The first-order valence-electron chi connectivity index (χ1n) is 7.02. The van der Waals surface area contributed by atoms with Crippen molar-refractivity contribution in [3.63, 3.8) is 0 Å². The van der Waals surface area contributed by atoms with Gasteiger partial charge in [0.15, 0.2) is 0 Å². The van der Waals surface area contributed by atoms with Gasteiger partial charge in [0.2, 0.25) is 0 Å². The number of para-hydroxylation sites is 1. The Hall–Kier alpha value is -1.06. The lowest BCUT2D eigenvalue weighted by atomic mass is 9.94. The molecule has 1 unspecified atom stereocenters. The van der Waals surface area contributed by atoms with Gasteiger partial charge in [-0.1, -0.05) is 32.0 Å². The normalized spacial score (nSPS) is 14.7. The molecule has 0 heterocycles. The fourth-order valence-electron chi connectivity index (χ4n) is 1.97. The van der Waals surface area contributed by atoms with Crippen molar-refractivity contribution in [2.45, 2.75) is 46.3 Å². The van der Waals surface area contributed by atoms with Crippen molar-refractivity contribution in [3.8, 4) is 5.75 Å². The number of rotatable bonds is 7. The lowest BCUT2D eigenvalue weighted by Crippen LogP contribution is -2.37. The van der Waals surface area contributed by atoms with Crippen LogP contribution in [-0.2, 0) is 5.60 Å². The summed E-state index contributed by atoms with van der Waals surface area (Å²) in [6.07, 6.45) is 0.0978. The molecule has 108 valence electrons. The van der Waals surface area contributed by atoms with Gasteiger partial charge >= 0.3 is 0 Å². The largest absolute Gasteiger partial charge is 0.491 e. The van der Waals surface area contributed by atoms with E-state index in [1.54, 1.807) is 0 Å². The SMILES string of the molecule is CC(C)CNCC(C)(O)c1ccccc1OC(C)C. The molecule has 0 saturated carbocycles. The molecule has 3 heteroatoms. The van der Waals surface area contributed by atoms with E-state index in [2.05, 4.69) is 19.2 Å². The van der Waals surface area contributed by atoms with Crippen molar-refractivity contribution in [1.82, 2.24) is 5.32 Å². The summed E-state index contributed by atoms with van der Waals surface area (Å²) in [6, 6.07) is 7.69. The Bertz CT molecular complexity index is 386. The van der Waals surface area contributed by atoms with Crippen LogP contribution >= 0.6 is 0 Å². The molecule has 0 aliphatic heterocycles. The second-order valence-corrected chi connectivity index (χ2v) is 5.96. The van der Waals surface area contributed by atoms with Gasteiger partial charge in [-0.05, 0) is 39.3 Å². The average Bonchev–Trinajstić information content (AvgIpc) is 2.27. The summed E-state index contributed by atoms with van der Waals surface area (Å²) in [5.74, 6) is 1.33. The maximum Gasteiger partial charge on any atom is 0.125 e. The molecule has 0 aliphatic rings. The van der Waals surface area contributed by atoms with Crippen molar-refractivity contribution in [3.05, 3.63) is 29.8 Å². The summed E-state index contributed by atoms with van der Waals surface area (Å²) in [4.78, 5) is 0. The van der Waals surface area contributed by atoms with Crippen LogP contribution in [0, 0.1) is 5.92 Å². The zero-order valence-corrected chi connectivity index (χ0v) is 12.7. The Morgan fingerprint density at radius 2 is 1.84 bits per heavy atom. The molecular weight excluding hydrogens is 238 g/mol. The first-order chi connectivity index (χ1) is 8.83. The molecule has 0 amide bonds. The topological polar surface area (TPSA) is 41.5 Å². The second kappa shape index (κ2) is 6.92. The summed E-state index contributed by atoms with van der Waals surface area (Å²) >= 11 is 0. The molecule has 2 N–H and O–H groups in total. The highest BCUT2D eigenvalue weighted by atomic mass is 16.5. The van der Waals surface area contributed by atoms with Gasteiger partial charge < -0.3 is 15.2 Å². The van der Waals surface area contributed by atoms with Crippen LogP contribution in [0.4, 0.5) is 0 Å². The molecule has 0 spiro atoms. The van der Waals surface area contributed by atoms with Crippen LogP contribution in [-0.4, -0.2) is 24.3 Å². The zero-order valence-electron chi connectivity index (χ0n) is 12.7. The van der Waals surface area contributed by atoms with Crippen LogP contribution < -0.4 is 10.1 Å². The van der Waals surface area contributed by atoms with E-state index in [0.717, 1.165) is 17.9 Å². The predicted octanol–water partition coefficient (Wildman–Crippen LogP) is 2.93. The summed E-state index contributed by atoms with van der Waals surface area (Å²) in [7, 11) is 0. The molecule has 0 fully saturated rings. The minimum Gasteiger partial charge on any atom is -0.491 e. The van der Waals surface area contributed by atoms with Crippen molar-refractivity contribution >= 4 is 0 Å². The molecule has 1 aromatic rings. The quantitative estimate of drug-likeness (QED) is 0.796. The van der Waals surface area contributed by atoms with Gasteiger partial charge in [-0.15, -0.1) is 0 Å². The van der Waals surface area contributed by atoms with Crippen LogP contribution in [0.3, 0.4) is 0 Å². The molecule has 0 saturated heterocycles. The van der Waals surface area contributed by atoms with E-state index in [0.29, 0.717) is 12.5 Å². The van der Waals surface area contributed by atoms with Gasteiger partial charge in [-0.3, -0.25) is 0 Å². The van der Waals surface area contributed by atoms with E-state index in [1.807, 2.05) is 45.0 Å². The number of hydrogen-bond donors (Lipinski definition) is 2. The number of nitrogens with one attached hydrogen (secondary N) is 1. The summed E-state index contributed by atoms with van der Waals surface area (Å²) < 4.78 is 5.77. The zero-order chi connectivity index (χ0) is 14.5. The molecule has 0 radical (unpaired) electrons. The summed E-state index contributed by atoms with van der Waals surface area (Å²) in [5, 5.41) is 13.9. The Morgan fingerprint density at radius 1 is 1.21 bits per heavy atom. The molecule has 0 aliphatic carbocycles. The third-order valence-corrected chi connectivity index (χ3v) is 2.85. The fourth-order valence-corrected chi connectivity index (χ4v) is 1.97. The Balaban J connectivity index is 2.81. The lowest BCUT2D eigenvalue weighted by Gasteiger charge is -2.27. The minimum absolute atomic E-state index is 0.0978. The second-order valence-electron chi connectivity index (χ2n) is 5.96. The number of benzene rings is 1. The third kappa shape index (κ3) is 5.21. The highest BCUT2D eigenvalue weighted by Crippen LogP contribution is 2.30. The van der Waals surface area contributed by atoms with Crippen LogP contribution in [0.15, 0.2) is 24.3 Å².